The van der Waals surface area contributed by atoms with Crippen LogP contribution in [-0.2, 0) is 6.42 Å². The molecule has 1 unspecified atom stereocenters. The molecule has 1 aromatic heterocycles. The minimum atomic E-state index is 0.343. The molecule has 1 heterocycles. The van der Waals surface area contributed by atoms with Crippen molar-refractivity contribution in [3.63, 3.8) is 0 Å². The number of nitrogens with one attached hydrogen (secondary N) is 1. The molecule has 1 aliphatic carbocycles. The van der Waals surface area contributed by atoms with Gasteiger partial charge in [0.15, 0.2) is 0 Å². The van der Waals surface area contributed by atoms with Crippen molar-refractivity contribution >= 4 is 17.4 Å². The molecule has 0 radical (unpaired) electrons. The van der Waals surface area contributed by atoms with Crippen LogP contribution in [0.3, 0.4) is 0 Å². The molecule has 3 rings (SSSR count). The van der Waals surface area contributed by atoms with E-state index in [1.165, 1.54) is 11.1 Å². The highest BCUT2D eigenvalue weighted by atomic mass is 35.5. The number of aromatic nitrogens is 1. The first-order valence-corrected chi connectivity index (χ1v) is 6.53. The van der Waals surface area contributed by atoms with Gasteiger partial charge in [0.05, 0.1) is 11.6 Å². The second-order valence-corrected chi connectivity index (χ2v) is 5.04. The Morgan fingerprint density at radius 3 is 3.00 bits per heavy atom. The van der Waals surface area contributed by atoms with Crippen molar-refractivity contribution < 1.29 is 0 Å². The van der Waals surface area contributed by atoms with E-state index < -0.39 is 0 Å². The Bertz CT molecular complexity index is 661. The molecule has 0 bridgehead atoms. The van der Waals surface area contributed by atoms with Crippen molar-refractivity contribution in [3.8, 4) is 6.07 Å². The van der Waals surface area contributed by atoms with Gasteiger partial charge < -0.3 is 5.32 Å². The summed E-state index contributed by atoms with van der Waals surface area (Å²) < 4.78 is 0. The fraction of sp³-hybridized carbons (Fsp3) is 0.200. The molecule has 2 aromatic rings. The molecule has 3 nitrogen and oxygen atoms in total. The second-order valence-electron chi connectivity index (χ2n) is 4.66. The van der Waals surface area contributed by atoms with E-state index in [0.29, 0.717) is 22.5 Å². The summed E-state index contributed by atoms with van der Waals surface area (Å²) in [5, 5.41) is 12.5. The molecular formula is C15H12ClN3. The van der Waals surface area contributed by atoms with E-state index in [-0.39, 0.29) is 0 Å². The van der Waals surface area contributed by atoms with Crippen molar-refractivity contribution in [2.24, 2.45) is 0 Å². The number of nitriles is 1. The average Bonchev–Trinajstić information content (AvgIpc) is 2.39. The Morgan fingerprint density at radius 2 is 2.21 bits per heavy atom. The van der Waals surface area contributed by atoms with Crippen LogP contribution in [0, 0.1) is 11.3 Å². The number of pyridine rings is 1. The highest BCUT2D eigenvalue weighted by molar-refractivity contribution is 6.29. The molecule has 0 saturated heterocycles. The van der Waals surface area contributed by atoms with Gasteiger partial charge in [0.25, 0.3) is 0 Å². The summed E-state index contributed by atoms with van der Waals surface area (Å²) in [7, 11) is 0. The first-order chi connectivity index (χ1) is 9.26. The first-order valence-electron chi connectivity index (χ1n) is 6.15. The van der Waals surface area contributed by atoms with E-state index in [0.717, 1.165) is 13.0 Å². The molecule has 19 heavy (non-hydrogen) atoms. The van der Waals surface area contributed by atoms with E-state index in [1.807, 2.05) is 0 Å². The zero-order chi connectivity index (χ0) is 13.2. The van der Waals surface area contributed by atoms with Gasteiger partial charge in [-0.3, -0.25) is 0 Å². The monoisotopic (exact) mass is 269 g/mol. The fourth-order valence-corrected chi connectivity index (χ4v) is 2.63. The number of hydrogen-bond donors (Lipinski definition) is 1. The lowest BCUT2D eigenvalue weighted by Gasteiger charge is -2.30. The first kappa shape index (κ1) is 12.0. The Hall–Kier alpha value is -2.05. The summed E-state index contributed by atoms with van der Waals surface area (Å²) in [5.74, 6) is 1.18. The quantitative estimate of drug-likeness (QED) is 0.869. The number of nitrogens with zero attached hydrogens (tertiary/aromatic N) is 2. The highest BCUT2D eigenvalue weighted by Gasteiger charge is 2.24. The van der Waals surface area contributed by atoms with E-state index in [2.05, 4.69) is 40.6 Å². The Balaban J connectivity index is 1.68. The van der Waals surface area contributed by atoms with E-state index >= 15 is 0 Å². The largest absolute Gasteiger partial charge is 0.369 e. The summed E-state index contributed by atoms with van der Waals surface area (Å²) in [5.41, 5.74) is 3.35. The summed E-state index contributed by atoms with van der Waals surface area (Å²) >= 11 is 5.87. The van der Waals surface area contributed by atoms with Crippen LogP contribution < -0.4 is 5.32 Å². The van der Waals surface area contributed by atoms with Crippen LogP contribution in [0.2, 0.25) is 5.15 Å². The maximum atomic E-state index is 8.89. The fourth-order valence-electron chi connectivity index (χ4n) is 2.42. The van der Waals surface area contributed by atoms with Gasteiger partial charge in [-0.2, -0.15) is 5.26 Å². The number of rotatable bonds is 3. The topological polar surface area (TPSA) is 48.7 Å². The summed E-state index contributed by atoms with van der Waals surface area (Å²) in [6.45, 7) is 0.815. The maximum absolute atomic E-state index is 8.89. The predicted molar refractivity (Wildman–Crippen MR) is 75.3 cm³/mol. The van der Waals surface area contributed by atoms with Crippen molar-refractivity contribution in [2.45, 2.75) is 12.3 Å². The predicted octanol–water partition coefficient (Wildman–Crippen LogP) is 3.36. The van der Waals surface area contributed by atoms with Crippen LogP contribution >= 0.6 is 11.6 Å². The van der Waals surface area contributed by atoms with Crippen LogP contribution in [0.15, 0.2) is 36.4 Å². The lowest BCUT2D eigenvalue weighted by Crippen LogP contribution is -2.24. The minimum absolute atomic E-state index is 0.343. The molecule has 0 fully saturated rings. The maximum Gasteiger partial charge on any atom is 0.132 e. The van der Waals surface area contributed by atoms with E-state index in [1.54, 1.807) is 12.1 Å². The van der Waals surface area contributed by atoms with Gasteiger partial charge in [-0.05, 0) is 29.7 Å². The summed E-state index contributed by atoms with van der Waals surface area (Å²) in [6.07, 6.45) is 1.09. The van der Waals surface area contributed by atoms with Crippen LogP contribution in [0.4, 0.5) is 5.82 Å². The van der Waals surface area contributed by atoms with Gasteiger partial charge in [-0.25, -0.2) is 4.98 Å². The number of halogens is 1. The molecular weight excluding hydrogens is 258 g/mol. The molecule has 4 heteroatoms. The van der Waals surface area contributed by atoms with Crippen LogP contribution in [-0.4, -0.2) is 11.5 Å². The number of anilines is 1. The Kier molecular flexibility index (Phi) is 3.10. The van der Waals surface area contributed by atoms with Gasteiger partial charge in [0.2, 0.25) is 0 Å². The van der Waals surface area contributed by atoms with E-state index in [4.69, 9.17) is 16.9 Å². The zero-order valence-electron chi connectivity index (χ0n) is 10.2. The highest BCUT2D eigenvalue weighted by Crippen LogP contribution is 2.34. The SMILES string of the molecule is N#Cc1cc(Cl)nc(NCC2Cc3ccccc32)c1. The molecule has 94 valence electrons. The summed E-state index contributed by atoms with van der Waals surface area (Å²) in [6, 6.07) is 13.8. The van der Waals surface area contributed by atoms with Crippen molar-refractivity contribution in [1.29, 1.82) is 5.26 Å². The van der Waals surface area contributed by atoms with Gasteiger partial charge >= 0.3 is 0 Å². The third-order valence-electron chi connectivity index (χ3n) is 3.41. The second kappa shape index (κ2) is 4.91. The molecule has 0 saturated carbocycles. The van der Waals surface area contributed by atoms with Gasteiger partial charge in [0, 0.05) is 12.5 Å². The normalized spacial score (nSPS) is 16.1. The Labute approximate surface area is 116 Å². The number of benzene rings is 1. The standard InChI is InChI=1S/C15H12ClN3/c16-14-5-10(8-17)6-15(19-14)18-9-12-7-11-3-1-2-4-13(11)12/h1-6,12H,7,9H2,(H,18,19). The molecule has 0 amide bonds. The molecule has 0 aliphatic heterocycles. The van der Waals surface area contributed by atoms with Crippen LogP contribution in [0.5, 0.6) is 0 Å². The Morgan fingerprint density at radius 1 is 1.37 bits per heavy atom. The minimum Gasteiger partial charge on any atom is -0.369 e. The summed E-state index contributed by atoms with van der Waals surface area (Å²) in [4.78, 5) is 4.17. The van der Waals surface area contributed by atoms with Crippen molar-refractivity contribution in [3.05, 3.63) is 58.2 Å². The van der Waals surface area contributed by atoms with Crippen LogP contribution in [0.25, 0.3) is 0 Å². The molecule has 1 N–H and O–H groups in total. The van der Waals surface area contributed by atoms with Crippen LogP contribution in [0.1, 0.15) is 22.6 Å². The molecule has 1 aliphatic rings. The van der Waals surface area contributed by atoms with Gasteiger partial charge in [0.1, 0.15) is 11.0 Å². The molecule has 0 spiro atoms. The van der Waals surface area contributed by atoms with Crippen molar-refractivity contribution in [2.75, 3.05) is 11.9 Å². The lowest BCUT2D eigenvalue weighted by atomic mass is 9.77. The molecule has 1 aromatic carbocycles. The smallest absolute Gasteiger partial charge is 0.132 e. The van der Waals surface area contributed by atoms with Gasteiger partial charge in [-0.15, -0.1) is 0 Å². The van der Waals surface area contributed by atoms with Crippen molar-refractivity contribution in [1.82, 2.24) is 4.98 Å². The van der Waals surface area contributed by atoms with E-state index in [9.17, 15) is 0 Å². The third kappa shape index (κ3) is 2.40. The zero-order valence-corrected chi connectivity index (χ0v) is 11.0. The molecule has 1 atom stereocenters. The number of hydrogen-bond acceptors (Lipinski definition) is 3. The third-order valence-corrected chi connectivity index (χ3v) is 3.61. The average molecular weight is 270 g/mol. The van der Waals surface area contributed by atoms with Gasteiger partial charge in [-0.1, -0.05) is 35.9 Å². The lowest BCUT2D eigenvalue weighted by molar-refractivity contribution is 0.634. The number of fused-ring (bicyclic) bond motifs is 1.